The van der Waals surface area contributed by atoms with Crippen LogP contribution in [0.15, 0.2) is 33.8 Å². The fourth-order valence-corrected chi connectivity index (χ4v) is 1.77. The molecule has 0 saturated heterocycles. The molecule has 1 atom stereocenters. The molecule has 0 spiro atoms. The first-order chi connectivity index (χ1) is 7.07. The van der Waals surface area contributed by atoms with E-state index in [-0.39, 0.29) is 10.4 Å². The van der Waals surface area contributed by atoms with Gasteiger partial charge < -0.3 is 4.74 Å². The lowest BCUT2D eigenvalue weighted by atomic mass is 10.0. The third-order valence-electron chi connectivity index (χ3n) is 2.17. The molecule has 1 unspecified atom stereocenters. The van der Waals surface area contributed by atoms with Crippen LogP contribution in [-0.4, -0.2) is 7.11 Å². The van der Waals surface area contributed by atoms with E-state index in [1.54, 1.807) is 7.11 Å². The maximum absolute atomic E-state index is 5.99. The molecule has 0 aliphatic carbocycles. The van der Waals surface area contributed by atoms with Gasteiger partial charge in [0.05, 0.1) is 12.1 Å². The first kappa shape index (κ1) is 12.7. The summed E-state index contributed by atoms with van der Waals surface area (Å²) in [6, 6.07) is 7.62. The molecule has 0 heterocycles. The highest BCUT2D eigenvalue weighted by Gasteiger charge is 2.16. The van der Waals surface area contributed by atoms with E-state index >= 15 is 0 Å². The van der Waals surface area contributed by atoms with Crippen LogP contribution in [0.5, 0.6) is 5.75 Å². The van der Waals surface area contributed by atoms with Gasteiger partial charge in [-0.3, -0.25) is 0 Å². The molecule has 0 aliphatic rings. The van der Waals surface area contributed by atoms with Crippen LogP contribution in [-0.2, 0) is 0 Å². The van der Waals surface area contributed by atoms with Crippen LogP contribution in [0.3, 0.4) is 0 Å². The topological polar surface area (TPSA) is 9.23 Å². The summed E-state index contributed by atoms with van der Waals surface area (Å²) in [6.07, 6.45) is 0. The van der Waals surface area contributed by atoms with Crippen LogP contribution in [0, 0.1) is 0 Å². The summed E-state index contributed by atoms with van der Waals surface area (Å²) in [5.74, 6) is 0.700. The predicted octanol–water partition coefficient (Wildman–Crippen LogP) is 4.68. The van der Waals surface area contributed by atoms with E-state index in [1.165, 1.54) is 0 Å². The van der Waals surface area contributed by atoms with E-state index < -0.39 is 0 Å². The number of ether oxygens (including phenoxy) is 1. The minimum Gasteiger partial charge on any atom is -0.496 e. The van der Waals surface area contributed by atoms with Crippen molar-refractivity contribution in [3.63, 3.8) is 0 Å². The molecule has 0 aromatic heterocycles. The number of para-hydroxylation sites is 1. The normalized spacial score (nSPS) is 12.1. The fraction of sp³-hybridized carbons (Fsp3) is 0.273. The summed E-state index contributed by atoms with van der Waals surface area (Å²) < 4.78 is 5.32. The fourth-order valence-electron chi connectivity index (χ4n) is 1.32. The lowest BCUT2D eigenvalue weighted by Gasteiger charge is -2.14. The number of hydrogen-bond donors (Lipinski definition) is 0. The summed E-state index contributed by atoms with van der Waals surface area (Å²) >= 11 is 17.3. The van der Waals surface area contributed by atoms with Crippen LogP contribution < -0.4 is 4.74 Å². The SMILES string of the molecule is COc1ccccc1C(C)C(Cl)=C(Cl)Cl. The van der Waals surface area contributed by atoms with Crippen molar-refractivity contribution in [3.8, 4) is 5.75 Å². The Bertz CT molecular complexity index is 370. The zero-order valence-corrected chi connectivity index (χ0v) is 10.7. The molecule has 0 N–H and O–H groups in total. The molecule has 4 heteroatoms. The Morgan fingerprint density at radius 1 is 1.20 bits per heavy atom. The van der Waals surface area contributed by atoms with Gasteiger partial charge in [-0.1, -0.05) is 59.9 Å². The van der Waals surface area contributed by atoms with Gasteiger partial charge in [0.15, 0.2) is 0 Å². The number of rotatable bonds is 3. The van der Waals surface area contributed by atoms with Gasteiger partial charge in [-0.2, -0.15) is 0 Å². The molecular weight excluding hydrogens is 254 g/mol. The maximum atomic E-state index is 5.99. The monoisotopic (exact) mass is 264 g/mol. The van der Waals surface area contributed by atoms with Crippen molar-refractivity contribution < 1.29 is 4.74 Å². The van der Waals surface area contributed by atoms with Gasteiger partial charge in [-0.25, -0.2) is 0 Å². The number of benzene rings is 1. The molecule has 1 rings (SSSR count). The number of halogens is 3. The van der Waals surface area contributed by atoms with Crippen molar-refractivity contribution in [2.75, 3.05) is 7.11 Å². The predicted molar refractivity (Wildman–Crippen MR) is 66.0 cm³/mol. The summed E-state index contributed by atoms with van der Waals surface area (Å²) in [5, 5.41) is 0.419. The third-order valence-corrected chi connectivity index (χ3v) is 3.28. The van der Waals surface area contributed by atoms with Gasteiger partial charge in [-0.05, 0) is 6.07 Å². The van der Waals surface area contributed by atoms with Crippen molar-refractivity contribution >= 4 is 34.8 Å². The number of hydrogen-bond acceptors (Lipinski definition) is 1. The van der Waals surface area contributed by atoms with E-state index in [0.717, 1.165) is 11.3 Å². The van der Waals surface area contributed by atoms with Crippen LogP contribution in [0.25, 0.3) is 0 Å². The molecule has 82 valence electrons. The summed E-state index contributed by atoms with van der Waals surface area (Å²) in [4.78, 5) is 0. The Morgan fingerprint density at radius 2 is 1.80 bits per heavy atom. The number of allylic oxidation sites excluding steroid dienone is 1. The lowest BCUT2D eigenvalue weighted by molar-refractivity contribution is 0.408. The zero-order chi connectivity index (χ0) is 11.4. The quantitative estimate of drug-likeness (QED) is 0.771. The molecular formula is C11H11Cl3O. The second-order valence-corrected chi connectivity index (χ2v) is 4.43. The standard InChI is InChI=1S/C11H11Cl3O/c1-7(10(12)11(13)14)8-5-3-4-6-9(8)15-2/h3-7H,1-2H3. The Morgan fingerprint density at radius 3 is 2.33 bits per heavy atom. The Labute approximate surface area is 105 Å². The maximum Gasteiger partial charge on any atom is 0.122 e. The minimum absolute atomic E-state index is 0.0761. The van der Waals surface area contributed by atoms with Crippen molar-refractivity contribution in [2.45, 2.75) is 12.8 Å². The van der Waals surface area contributed by atoms with Gasteiger partial charge in [0.2, 0.25) is 0 Å². The summed E-state index contributed by atoms with van der Waals surface area (Å²) in [6.45, 7) is 1.92. The van der Waals surface area contributed by atoms with E-state index in [2.05, 4.69) is 0 Å². The average Bonchev–Trinajstić information content (AvgIpc) is 2.26. The van der Waals surface area contributed by atoms with Crippen molar-refractivity contribution in [1.29, 1.82) is 0 Å². The Balaban J connectivity index is 3.11. The van der Waals surface area contributed by atoms with Crippen LogP contribution in [0.4, 0.5) is 0 Å². The van der Waals surface area contributed by atoms with E-state index in [0.29, 0.717) is 5.03 Å². The Hall–Kier alpha value is -0.370. The largest absolute Gasteiger partial charge is 0.496 e. The van der Waals surface area contributed by atoms with Gasteiger partial charge in [0, 0.05) is 11.5 Å². The van der Waals surface area contributed by atoms with E-state index in [1.807, 2.05) is 31.2 Å². The average molecular weight is 266 g/mol. The van der Waals surface area contributed by atoms with E-state index in [9.17, 15) is 0 Å². The number of methoxy groups -OCH3 is 1. The molecule has 1 aromatic carbocycles. The van der Waals surface area contributed by atoms with E-state index in [4.69, 9.17) is 39.5 Å². The molecule has 1 aromatic rings. The second-order valence-electron chi connectivity index (χ2n) is 3.07. The first-order valence-corrected chi connectivity index (χ1v) is 5.55. The van der Waals surface area contributed by atoms with Crippen molar-refractivity contribution in [2.24, 2.45) is 0 Å². The molecule has 0 bridgehead atoms. The van der Waals surface area contributed by atoms with Crippen LogP contribution in [0.2, 0.25) is 0 Å². The van der Waals surface area contributed by atoms with Crippen LogP contribution >= 0.6 is 34.8 Å². The highest BCUT2D eigenvalue weighted by atomic mass is 35.5. The lowest BCUT2D eigenvalue weighted by Crippen LogP contribution is -1.98. The van der Waals surface area contributed by atoms with Crippen molar-refractivity contribution in [3.05, 3.63) is 39.4 Å². The Kier molecular flexibility index (Phi) is 4.78. The summed E-state index contributed by atoms with van der Waals surface area (Å²) in [7, 11) is 1.62. The zero-order valence-electron chi connectivity index (χ0n) is 8.43. The van der Waals surface area contributed by atoms with Gasteiger partial charge in [-0.15, -0.1) is 0 Å². The first-order valence-electron chi connectivity index (χ1n) is 4.41. The highest BCUT2D eigenvalue weighted by molar-refractivity contribution is 6.59. The van der Waals surface area contributed by atoms with Crippen molar-refractivity contribution in [1.82, 2.24) is 0 Å². The molecule has 0 aliphatic heterocycles. The summed E-state index contributed by atoms with van der Waals surface area (Å²) in [5.41, 5.74) is 0.962. The van der Waals surface area contributed by atoms with Gasteiger partial charge in [0.1, 0.15) is 10.2 Å². The molecule has 15 heavy (non-hydrogen) atoms. The minimum atomic E-state index is -0.0761. The second kappa shape index (κ2) is 5.64. The molecule has 0 fully saturated rings. The molecule has 0 radical (unpaired) electrons. The molecule has 0 amide bonds. The van der Waals surface area contributed by atoms with Crippen LogP contribution in [0.1, 0.15) is 18.4 Å². The highest BCUT2D eigenvalue weighted by Crippen LogP contribution is 2.36. The van der Waals surface area contributed by atoms with Gasteiger partial charge in [0.25, 0.3) is 0 Å². The third kappa shape index (κ3) is 3.04. The van der Waals surface area contributed by atoms with Gasteiger partial charge >= 0.3 is 0 Å². The molecule has 0 saturated carbocycles. The smallest absolute Gasteiger partial charge is 0.122 e. The molecule has 1 nitrogen and oxygen atoms in total.